The van der Waals surface area contributed by atoms with Crippen LogP contribution < -0.4 is 11.1 Å². The molecule has 0 fully saturated rings. The number of hydrogen-bond acceptors (Lipinski definition) is 2. The molecule has 1 amide bonds. The van der Waals surface area contributed by atoms with E-state index in [4.69, 9.17) is 5.73 Å². The van der Waals surface area contributed by atoms with Gasteiger partial charge in [0.1, 0.15) is 0 Å². The number of nitrogens with two attached hydrogens (primary N) is 1. The molecule has 0 rings (SSSR count). The Hall–Kier alpha value is -0.780. The molecule has 0 bridgehead atoms. The molecule has 0 radical (unpaired) electrons. The highest BCUT2D eigenvalue weighted by molar-refractivity contribution is 5.81. The van der Waals surface area contributed by atoms with Crippen molar-refractivity contribution in [1.29, 1.82) is 0 Å². The van der Waals surface area contributed by atoms with Crippen LogP contribution in [0.3, 0.4) is 0 Å². The second kappa shape index (κ2) is 4.45. The van der Waals surface area contributed by atoms with Crippen molar-refractivity contribution in [3.05, 3.63) is 0 Å². The van der Waals surface area contributed by atoms with Crippen LogP contribution in [-0.2, 0) is 4.79 Å². The fourth-order valence-electron chi connectivity index (χ4n) is 0.749. The molecule has 6 heteroatoms. The lowest BCUT2D eigenvalue weighted by atomic mass is 10.1. The van der Waals surface area contributed by atoms with Crippen LogP contribution in [0.15, 0.2) is 0 Å². The first-order chi connectivity index (χ1) is 5.79. The zero-order chi connectivity index (χ0) is 10.6. The average Bonchev–Trinajstić information content (AvgIpc) is 2.01. The van der Waals surface area contributed by atoms with Crippen LogP contribution >= 0.6 is 0 Å². The molecule has 0 aliphatic carbocycles. The van der Waals surface area contributed by atoms with E-state index >= 15 is 0 Å². The molecular formula is C7H13F3N2O. The second-order valence-corrected chi connectivity index (χ2v) is 2.83. The molecular weight excluding hydrogens is 185 g/mol. The summed E-state index contributed by atoms with van der Waals surface area (Å²) in [5.74, 6) is -1.94. The summed E-state index contributed by atoms with van der Waals surface area (Å²) in [4.78, 5) is 10.4. The number of nitrogens with one attached hydrogen (secondary N) is 1. The van der Waals surface area contributed by atoms with Gasteiger partial charge in [-0.05, 0) is 13.3 Å². The third-order valence-corrected chi connectivity index (χ3v) is 1.73. The quantitative estimate of drug-likeness (QED) is 0.704. The van der Waals surface area contributed by atoms with Crippen molar-refractivity contribution < 1.29 is 18.0 Å². The Morgan fingerprint density at radius 2 is 2.00 bits per heavy atom. The summed E-state index contributed by atoms with van der Waals surface area (Å²) in [6, 6.07) is -1.12. The minimum absolute atomic E-state index is 0.452. The summed E-state index contributed by atoms with van der Waals surface area (Å²) in [6.45, 7) is 3.18. The van der Waals surface area contributed by atoms with E-state index in [1.807, 2.05) is 0 Å². The number of hydrogen-bond donors (Lipinski definition) is 2. The largest absolute Gasteiger partial charge is 0.471 e. The van der Waals surface area contributed by atoms with E-state index < -0.39 is 24.2 Å². The Bertz CT molecular complexity index is 181. The first kappa shape index (κ1) is 12.2. The molecule has 3 nitrogen and oxygen atoms in total. The standard InChI is InChI=1S/C7H13F3N2O/c1-3-5(11)4(2)12-6(13)7(8,9)10/h4-5H,3,11H2,1-2H3,(H,12,13). The molecule has 2 unspecified atom stereocenters. The van der Waals surface area contributed by atoms with Crippen LogP contribution in [0.4, 0.5) is 13.2 Å². The molecule has 3 N–H and O–H groups in total. The maximum atomic E-state index is 11.7. The Morgan fingerprint density at radius 1 is 1.54 bits per heavy atom. The Morgan fingerprint density at radius 3 is 2.31 bits per heavy atom. The fourth-order valence-corrected chi connectivity index (χ4v) is 0.749. The molecule has 0 aromatic carbocycles. The topological polar surface area (TPSA) is 55.1 Å². The van der Waals surface area contributed by atoms with Crippen LogP contribution in [0.1, 0.15) is 20.3 Å². The number of alkyl halides is 3. The maximum Gasteiger partial charge on any atom is 0.471 e. The molecule has 2 atom stereocenters. The third-order valence-electron chi connectivity index (χ3n) is 1.73. The average molecular weight is 198 g/mol. The highest BCUT2D eigenvalue weighted by Crippen LogP contribution is 2.14. The minimum Gasteiger partial charge on any atom is -0.344 e. The van der Waals surface area contributed by atoms with E-state index in [1.165, 1.54) is 6.92 Å². The SMILES string of the molecule is CCC(N)C(C)NC(=O)C(F)(F)F. The van der Waals surface area contributed by atoms with E-state index in [1.54, 1.807) is 12.2 Å². The van der Waals surface area contributed by atoms with Gasteiger partial charge in [0.25, 0.3) is 0 Å². The van der Waals surface area contributed by atoms with Crippen LogP contribution in [0.25, 0.3) is 0 Å². The predicted molar refractivity (Wildman–Crippen MR) is 41.9 cm³/mol. The van der Waals surface area contributed by atoms with Crippen molar-refractivity contribution in [2.45, 2.75) is 38.5 Å². The number of rotatable bonds is 3. The molecule has 0 saturated carbocycles. The lowest BCUT2D eigenvalue weighted by molar-refractivity contribution is -0.174. The molecule has 0 aliphatic rings. The van der Waals surface area contributed by atoms with Gasteiger partial charge in [-0.25, -0.2) is 0 Å². The number of carbonyl (C=O) groups excluding carboxylic acids is 1. The van der Waals surface area contributed by atoms with E-state index in [2.05, 4.69) is 0 Å². The Labute approximate surface area is 74.5 Å². The Balaban J connectivity index is 4.07. The van der Waals surface area contributed by atoms with Crippen molar-refractivity contribution in [3.63, 3.8) is 0 Å². The van der Waals surface area contributed by atoms with Crippen LogP contribution in [0, 0.1) is 0 Å². The molecule has 0 aliphatic heterocycles. The van der Waals surface area contributed by atoms with Crippen LogP contribution in [0.2, 0.25) is 0 Å². The van der Waals surface area contributed by atoms with Gasteiger partial charge in [0.15, 0.2) is 0 Å². The predicted octanol–water partition coefficient (Wildman–Crippen LogP) is 0.791. The molecule has 0 heterocycles. The van der Waals surface area contributed by atoms with Crippen molar-refractivity contribution in [1.82, 2.24) is 5.32 Å². The van der Waals surface area contributed by atoms with Gasteiger partial charge >= 0.3 is 12.1 Å². The molecule has 0 saturated heterocycles. The zero-order valence-corrected chi connectivity index (χ0v) is 7.48. The van der Waals surface area contributed by atoms with Crippen LogP contribution in [-0.4, -0.2) is 24.2 Å². The first-order valence-corrected chi connectivity index (χ1v) is 3.92. The monoisotopic (exact) mass is 198 g/mol. The molecule has 78 valence electrons. The van der Waals surface area contributed by atoms with Gasteiger partial charge in [-0.2, -0.15) is 13.2 Å². The lowest BCUT2D eigenvalue weighted by Gasteiger charge is -2.20. The van der Waals surface area contributed by atoms with Crippen molar-refractivity contribution >= 4 is 5.91 Å². The second-order valence-electron chi connectivity index (χ2n) is 2.83. The van der Waals surface area contributed by atoms with Gasteiger partial charge in [-0.3, -0.25) is 4.79 Å². The molecule has 0 aromatic heterocycles. The fraction of sp³-hybridized carbons (Fsp3) is 0.857. The molecule has 13 heavy (non-hydrogen) atoms. The summed E-state index contributed by atoms with van der Waals surface area (Å²) < 4.78 is 35.2. The van der Waals surface area contributed by atoms with E-state index in [0.29, 0.717) is 6.42 Å². The highest BCUT2D eigenvalue weighted by atomic mass is 19.4. The van der Waals surface area contributed by atoms with Gasteiger partial charge in [0.05, 0.1) is 0 Å². The summed E-state index contributed by atoms with van der Waals surface area (Å²) in [5.41, 5.74) is 5.43. The van der Waals surface area contributed by atoms with E-state index in [-0.39, 0.29) is 0 Å². The number of carbonyl (C=O) groups is 1. The van der Waals surface area contributed by atoms with Crippen molar-refractivity contribution in [2.24, 2.45) is 5.73 Å². The van der Waals surface area contributed by atoms with Gasteiger partial charge in [0.2, 0.25) is 0 Å². The summed E-state index contributed by atoms with van der Waals surface area (Å²) in [6.07, 6.45) is -4.32. The van der Waals surface area contributed by atoms with Crippen molar-refractivity contribution in [3.8, 4) is 0 Å². The van der Waals surface area contributed by atoms with Crippen LogP contribution in [0.5, 0.6) is 0 Å². The lowest BCUT2D eigenvalue weighted by Crippen LogP contribution is -2.49. The van der Waals surface area contributed by atoms with Gasteiger partial charge < -0.3 is 11.1 Å². The molecule has 0 spiro atoms. The number of halogens is 3. The minimum atomic E-state index is -4.83. The smallest absolute Gasteiger partial charge is 0.344 e. The van der Waals surface area contributed by atoms with Gasteiger partial charge in [0, 0.05) is 12.1 Å². The van der Waals surface area contributed by atoms with E-state index in [0.717, 1.165) is 0 Å². The van der Waals surface area contributed by atoms with E-state index in [9.17, 15) is 18.0 Å². The summed E-state index contributed by atoms with van der Waals surface area (Å²) >= 11 is 0. The third kappa shape index (κ3) is 4.12. The van der Waals surface area contributed by atoms with Gasteiger partial charge in [-0.15, -0.1) is 0 Å². The zero-order valence-electron chi connectivity index (χ0n) is 7.48. The van der Waals surface area contributed by atoms with Crippen molar-refractivity contribution in [2.75, 3.05) is 0 Å². The number of amides is 1. The molecule has 0 aromatic rings. The van der Waals surface area contributed by atoms with Gasteiger partial charge in [-0.1, -0.05) is 6.92 Å². The Kier molecular flexibility index (Phi) is 4.19. The summed E-state index contributed by atoms with van der Waals surface area (Å²) in [7, 11) is 0. The highest BCUT2D eigenvalue weighted by Gasteiger charge is 2.39. The summed E-state index contributed by atoms with van der Waals surface area (Å²) in [5, 5.41) is 1.78. The normalized spacial score (nSPS) is 16.5. The first-order valence-electron chi connectivity index (χ1n) is 3.92. The maximum absolute atomic E-state index is 11.7.